The summed E-state index contributed by atoms with van der Waals surface area (Å²) in [5.74, 6) is -3.28. The van der Waals surface area contributed by atoms with Crippen LogP contribution >= 0.6 is 0 Å². The zero-order valence-corrected chi connectivity index (χ0v) is 11.3. The fourth-order valence-corrected chi connectivity index (χ4v) is 2.46. The second kappa shape index (κ2) is 4.61. The predicted molar refractivity (Wildman–Crippen MR) is 70.3 cm³/mol. The molecule has 1 N–H and O–H groups in total. The summed E-state index contributed by atoms with van der Waals surface area (Å²) in [6, 6.07) is 7.69. The molecule has 1 saturated heterocycles. The lowest BCUT2D eigenvalue weighted by atomic mass is 9.83. The van der Waals surface area contributed by atoms with Gasteiger partial charge in [0.25, 0.3) is 5.92 Å². The molecule has 1 unspecified atom stereocenters. The molecule has 0 aliphatic carbocycles. The van der Waals surface area contributed by atoms with E-state index < -0.39 is 11.8 Å². The minimum absolute atomic E-state index is 0.0647. The maximum absolute atomic E-state index is 13.8. The average Bonchev–Trinajstić information content (AvgIpc) is 2.27. The monoisotopic (exact) mass is 253 g/mol. The molecule has 1 aliphatic rings. The van der Waals surface area contributed by atoms with Crippen LogP contribution in [0, 0.1) is 0 Å². The molecule has 1 heterocycles. The highest BCUT2D eigenvalue weighted by molar-refractivity contribution is 5.31. The van der Waals surface area contributed by atoms with Crippen molar-refractivity contribution in [2.45, 2.75) is 44.4 Å². The van der Waals surface area contributed by atoms with Gasteiger partial charge >= 0.3 is 0 Å². The number of piperidine rings is 1. The molecule has 0 saturated carbocycles. The van der Waals surface area contributed by atoms with E-state index in [4.69, 9.17) is 0 Å². The molecule has 2 rings (SSSR count). The van der Waals surface area contributed by atoms with Crippen molar-refractivity contribution in [2.24, 2.45) is 0 Å². The van der Waals surface area contributed by atoms with Crippen LogP contribution in [-0.4, -0.2) is 19.0 Å². The van der Waals surface area contributed by atoms with Crippen molar-refractivity contribution in [3.05, 3.63) is 35.4 Å². The third-order valence-corrected chi connectivity index (χ3v) is 3.66. The van der Waals surface area contributed by atoms with Gasteiger partial charge in [-0.1, -0.05) is 45.0 Å². The number of rotatable bonds is 1. The lowest BCUT2D eigenvalue weighted by molar-refractivity contribution is -0.0420. The van der Waals surface area contributed by atoms with Crippen LogP contribution in [0.25, 0.3) is 0 Å². The summed E-state index contributed by atoms with van der Waals surface area (Å²) in [6.07, 6.45) is 0.502. The minimum Gasteiger partial charge on any atom is -0.311 e. The highest BCUT2D eigenvalue weighted by atomic mass is 19.3. The summed E-state index contributed by atoms with van der Waals surface area (Å²) in [5.41, 5.74) is 2.01. The lowest BCUT2D eigenvalue weighted by Crippen LogP contribution is -2.44. The normalized spacial score (nSPS) is 23.9. The van der Waals surface area contributed by atoms with Gasteiger partial charge in [0.05, 0.1) is 12.5 Å². The first-order valence-corrected chi connectivity index (χ1v) is 6.50. The zero-order valence-electron chi connectivity index (χ0n) is 11.3. The Morgan fingerprint density at radius 1 is 1.17 bits per heavy atom. The van der Waals surface area contributed by atoms with Crippen LogP contribution in [0.5, 0.6) is 0 Å². The molecule has 0 radical (unpaired) electrons. The fourth-order valence-electron chi connectivity index (χ4n) is 2.46. The van der Waals surface area contributed by atoms with E-state index in [9.17, 15) is 8.78 Å². The molecule has 1 aromatic rings. The van der Waals surface area contributed by atoms with Crippen molar-refractivity contribution in [1.29, 1.82) is 0 Å². The van der Waals surface area contributed by atoms with Gasteiger partial charge in [-0.05, 0) is 29.5 Å². The van der Waals surface area contributed by atoms with Crippen molar-refractivity contribution >= 4 is 0 Å². The van der Waals surface area contributed by atoms with Gasteiger partial charge in [-0.25, -0.2) is 8.78 Å². The van der Waals surface area contributed by atoms with Crippen LogP contribution in [0.15, 0.2) is 24.3 Å². The van der Waals surface area contributed by atoms with E-state index in [1.807, 2.05) is 24.3 Å². The van der Waals surface area contributed by atoms with Gasteiger partial charge in [-0.3, -0.25) is 0 Å². The Kier molecular flexibility index (Phi) is 3.45. The fraction of sp³-hybridized carbons (Fsp3) is 0.600. The second-order valence-electron chi connectivity index (χ2n) is 6.15. The highest BCUT2D eigenvalue weighted by Crippen LogP contribution is 2.38. The number of hydrogen-bond donors (Lipinski definition) is 1. The van der Waals surface area contributed by atoms with Crippen LogP contribution in [0.2, 0.25) is 0 Å². The summed E-state index contributed by atoms with van der Waals surface area (Å²) in [5, 5.41) is 2.76. The number of halogens is 2. The highest BCUT2D eigenvalue weighted by Gasteiger charge is 2.42. The number of hydrogen-bond acceptors (Lipinski definition) is 1. The predicted octanol–water partition coefficient (Wildman–Crippen LogP) is 3.70. The smallest absolute Gasteiger partial charge is 0.267 e. The summed E-state index contributed by atoms with van der Waals surface area (Å²) in [4.78, 5) is 0. The van der Waals surface area contributed by atoms with Gasteiger partial charge in [0.15, 0.2) is 0 Å². The molecule has 100 valence electrons. The topological polar surface area (TPSA) is 12.0 Å². The molecule has 1 aliphatic heterocycles. The van der Waals surface area contributed by atoms with E-state index in [0.717, 1.165) is 5.56 Å². The van der Waals surface area contributed by atoms with Crippen molar-refractivity contribution in [3.8, 4) is 0 Å². The standard InChI is InChI=1S/C15H21F2N/c1-14(2,3)12-6-4-11(5-7-12)13-8-9-18-10-15(13,16)17/h4-7,13,18H,8-10H2,1-3H3. The van der Waals surface area contributed by atoms with E-state index in [1.54, 1.807) is 0 Å². The maximum atomic E-state index is 13.8. The van der Waals surface area contributed by atoms with Gasteiger partial charge in [-0.15, -0.1) is 0 Å². The first kappa shape index (κ1) is 13.5. The molecule has 1 atom stereocenters. The Bertz CT molecular complexity index is 403. The van der Waals surface area contributed by atoms with E-state index in [1.165, 1.54) is 5.56 Å². The van der Waals surface area contributed by atoms with E-state index in [-0.39, 0.29) is 12.0 Å². The van der Waals surface area contributed by atoms with Crippen molar-refractivity contribution < 1.29 is 8.78 Å². The molecule has 18 heavy (non-hydrogen) atoms. The molecule has 0 spiro atoms. The first-order chi connectivity index (χ1) is 8.31. The summed E-state index contributed by atoms with van der Waals surface area (Å²) >= 11 is 0. The van der Waals surface area contributed by atoms with Crippen molar-refractivity contribution in [2.75, 3.05) is 13.1 Å². The van der Waals surface area contributed by atoms with Crippen LogP contribution in [0.3, 0.4) is 0 Å². The first-order valence-electron chi connectivity index (χ1n) is 6.50. The van der Waals surface area contributed by atoms with Gasteiger partial charge in [-0.2, -0.15) is 0 Å². The zero-order chi connectivity index (χ0) is 13.4. The van der Waals surface area contributed by atoms with Crippen LogP contribution in [0.4, 0.5) is 8.78 Å². The molecule has 1 nitrogen and oxygen atoms in total. The van der Waals surface area contributed by atoms with Crippen molar-refractivity contribution in [3.63, 3.8) is 0 Å². The summed E-state index contributed by atoms with van der Waals surface area (Å²) in [6.45, 7) is 6.84. The molecule has 1 fully saturated rings. The third kappa shape index (κ3) is 2.72. The second-order valence-corrected chi connectivity index (χ2v) is 6.15. The SMILES string of the molecule is CC(C)(C)c1ccc(C2CCNCC2(F)F)cc1. The quantitative estimate of drug-likeness (QED) is 0.804. The number of nitrogens with one attached hydrogen (secondary N) is 1. The lowest BCUT2D eigenvalue weighted by Gasteiger charge is -2.32. The molecule has 0 aromatic heterocycles. The van der Waals surface area contributed by atoms with Crippen LogP contribution < -0.4 is 5.32 Å². The molecular formula is C15H21F2N. The van der Waals surface area contributed by atoms with Gasteiger partial charge in [0.2, 0.25) is 0 Å². The van der Waals surface area contributed by atoms with E-state index in [0.29, 0.717) is 13.0 Å². The molecule has 0 bridgehead atoms. The van der Waals surface area contributed by atoms with Crippen LogP contribution in [-0.2, 0) is 5.41 Å². The Balaban J connectivity index is 2.24. The summed E-state index contributed by atoms with van der Waals surface area (Å²) in [7, 11) is 0. The molecular weight excluding hydrogens is 232 g/mol. The maximum Gasteiger partial charge on any atom is 0.267 e. The van der Waals surface area contributed by atoms with Gasteiger partial charge < -0.3 is 5.32 Å². The third-order valence-electron chi connectivity index (χ3n) is 3.66. The average molecular weight is 253 g/mol. The van der Waals surface area contributed by atoms with E-state index >= 15 is 0 Å². The number of alkyl halides is 2. The Morgan fingerprint density at radius 2 is 1.78 bits per heavy atom. The van der Waals surface area contributed by atoms with Crippen molar-refractivity contribution in [1.82, 2.24) is 5.32 Å². The Labute approximate surface area is 108 Å². The Hall–Kier alpha value is -0.960. The molecule has 0 amide bonds. The molecule has 3 heteroatoms. The number of benzene rings is 1. The largest absolute Gasteiger partial charge is 0.311 e. The summed E-state index contributed by atoms with van der Waals surface area (Å²) < 4.78 is 27.7. The van der Waals surface area contributed by atoms with E-state index in [2.05, 4.69) is 26.1 Å². The minimum atomic E-state index is -2.64. The van der Waals surface area contributed by atoms with Crippen LogP contribution in [0.1, 0.15) is 44.2 Å². The van der Waals surface area contributed by atoms with Gasteiger partial charge in [0.1, 0.15) is 0 Å². The Morgan fingerprint density at radius 3 is 2.28 bits per heavy atom. The molecule has 1 aromatic carbocycles. The van der Waals surface area contributed by atoms with Gasteiger partial charge in [0, 0.05) is 0 Å².